The lowest BCUT2D eigenvalue weighted by Gasteiger charge is -2.15. The third-order valence-electron chi connectivity index (χ3n) is 2.58. The molecule has 0 bridgehead atoms. The highest BCUT2D eigenvalue weighted by molar-refractivity contribution is 5.45. The highest BCUT2D eigenvalue weighted by Gasteiger charge is 2.30. The van der Waals surface area contributed by atoms with Crippen LogP contribution in [0.4, 0.5) is 5.69 Å². The van der Waals surface area contributed by atoms with Gasteiger partial charge in [-0.15, -0.1) is 0 Å². The Labute approximate surface area is 83.3 Å². The van der Waals surface area contributed by atoms with E-state index in [1.165, 1.54) is 12.8 Å². The molecule has 74 valence electrons. The van der Waals surface area contributed by atoms with Crippen LogP contribution in [-0.2, 0) is 5.54 Å². The van der Waals surface area contributed by atoms with Gasteiger partial charge in [0, 0.05) is 5.92 Å². The molecule has 0 atom stereocenters. The molecule has 0 aromatic carbocycles. The van der Waals surface area contributed by atoms with Gasteiger partial charge in [0.05, 0.1) is 23.6 Å². The summed E-state index contributed by atoms with van der Waals surface area (Å²) in [5.41, 5.74) is 6.92. The summed E-state index contributed by atoms with van der Waals surface area (Å²) in [6.07, 6.45) is 4.11. The van der Waals surface area contributed by atoms with Crippen LogP contribution < -0.4 is 5.73 Å². The SMILES string of the molecule is CC(C)(C#N)n1cc(N)c(C2CC2)n1. The van der Waals surface area contributed by atoms with Gasteiger partial charge in [-0.1, -0.05) is 0 Å². The monoisotopic (exact) mass is 190 g/mol. The van der Waals surface area contributed by atoms with Crippen LogP contribution in [0.3, 0.4) is 0 Å². The van der Waals surface area contributed by atoms with Gasteiger partial charge in [-0.2, -0.15) is 10.4 Å². The number of hydrogen-bond donors (Lipinski definition) is 1. The molecule has 1 aliphatic rings. The van der Waals surface area contributed by atoms with E-state index >= 15 is 0 Å². The number of rotatable bonds is 2. The van der Waals surface area contributed by atoms with Crippen LogP contribution in [0.1, 0.15) is 38.3 Å². The molecule has 2 rings (SSSR count). The van der Waals surface area contributed by atoms with Gasteiger partial charge < -0.3 is 5.73 Å². The molecule has 1 fully saturated rings. The van der Waals surface area contributed by atoms with Crippen LogP contribution in [0.2, 0.25) is 0 Å². The van der Waals surface area contributed by atoms with E-state index in [0.717, 1.165) is 11.4 Å². The molecular formula is C10H14N4. The first kappa shape index (κ1) is 9.07. The lowest BCUT2D eigenvalue weighted by molar-refractivity contribution is 0.415. The summed E-state index contributed by atoms with van der Waals surface area (Å²) in [5.74, 6) is 0.533. The topological polar surface area (TPSA) is 67.6 Å². The molecule has 14 heavy (non-hydrogen) atoms. The van der Waals surface area contributed by atoms with Crippen LogP contribution in [0.15, 0.2) is 6.20 Å². The van der Waals surface area contributed by atoms with E-state index in [1.54, 1.807) is 10.9 Å². The van der Waals surface area contributed by atoms with Crippen molar-refractivity contribution < 1.29 is 0 Å². The maximum absolute atomic E-state index is 8.95. The van der Waals surface area contributed by atoms with Gasteiger partial charge in [-0.05, 0) is 26.7 Å². The predicted molar refractivity (Wildman–Crippen MR) is 53.5 cm³/mol. The van der Waals surface area contributed by atoms with Gasteiger partial charge in [0.2, 0.25) is 0 Å². The van der Waals surface area contributed by atoms with Crippen molar-refractivity contribution in [3.05, 3.63) is 11.9 Å². The van der Waals surface area contributed by atoms with E-state index in [-0.39, 0.29) is 0 Å². The maximum Gasteiger partial charge on any atom is 0.143 e. The largest absolute Gasteiger partial charge is 0.396 e. The third-order valence-corrected chi connectivity index (χ3v) is 2.58. The maximum atomic E-state index is 8.95. The molecule has 0 radical (unpaired) electrons. The highest BCUT2D eigenvalue weighted by atomic mass is 15.3. The molecule has 1 aliphatic carbocycles. The molecule has 4 nitrogen and oxygen atoms in total. The predicted octanol–water partition coefficient (Wildman–Crippen LogP) is 1.60. The molecule has 2 N–H and O–H groups in total. The number of nitrogen functional groups attached to an aromatic ring is 1. The van der Waals surface area contributed by atoms with Crippen LogP contribution in [0.5, 0.6) is 0 Å². The van der Waals surface area contributed by atoms with Crippen molar-refractivity contribution in [2.24, 2.45) is 0 Å². The molecule has 0 unspecified atom stereocenters. The number of nitriles is 1. The first-order valence-corrected chi connectivity index (χ1v) is 4.81. The van der Waals surface area contributed by atoms with E-state index in [4.69, 9.17) is 11.0 Å². The van der Waals surface area contributed by atoms with Crippen LogP contribution in [-0.4, -0.2) is 9.78 Å². The van der Waals surface area contributed by atoms with E-state index in [0.29, 0.717) is 5.92 Å². The second-order valence-electron chi connectivity index (χ2n) is 4.36. The summed E-state index contributed by atoms with van der Waals surface area (Å²) in [4.78, 5) is 0. The zero-order chi connectivity index (χ0) is 10.3. The summed E-state index contributed by atoms with van der Waals surface area (Å²) < 4.78 is 1.66. The summed E-state index contributed by atoms with van der Waals surface area (Å²) in [5, 5.41) is 13.3. The van der Waals surface area contributed by atoms with Gasteiger partial charge in [0.1, 0.15) is 5.54 Å². The van der Waals surface area contributed by atoms with E-state index < -0.39 is 5.54 Å². The quantitative estimate of drug-likeness (QED) is 0.770. The van der Waals surface area contributed by atoms with E-state index in [9.17, 15) is 0 Å². The normalized spacial score (nSPS) is 16.6. The minimum absolute atomic E-state index is 0.533. The fraction of sp³-hybridized carbons (Fsp3) is 0.600. The Bertz CT molecular complexity index is 393. The van der Waals surface area contributed by atoms with Crippen molar-refractivity contribution >= 4 is 5.69 Å². The van der Waals surface area contributed by atoms with Crippen molar-refractivity contribution in [2.45, 2.75) is 38.1 Å². The number of nitrogens with zero attached hydrogens (tertiary/aromatic N) is 3. The fourth-order valence-electron chi connectivity index (χ4n) is 1.41. The van der Waals surface area contributed by atoms with Crippen molar-refractivity contribution in [3.63, 3.8) is 0 Å². The zero-order valence-electron chi connectivity index (χ0n) is 8.49. The summed E-state index contributed by atoms with van der Waals surface area (Å²) in [6.45, 7) is 3.66. The first-order valence-electron chi connectivity index (χ1n) is 4.81. The summed E-state index contributed by atoms with van der Waals surface area (Å²) in [7, 11) is 0. The second-order valence-corrected chi connectivity index (χ2v) is 4.36. The molecule has 0 amide bonds. The molecule has 1 saturated carbocycles. The van der Waals surface area contributed by atoms with Gasteiger partial charge in [-0.25, -0.2) is 0 Å². The van der Waals surface area contributed by atoms with E-state index in [1.807, 2.05) is 13.8 Å². The molecule has 4 heteroatoms. The number of aromatic nitrogens is 2. The molecule has 1 aromatic heterocycles. The van der Waals surface area contributed by atoms with Crippen molar-refractivity contribution in [2.75, 3.05) is 5.73 Å². The number of nitrogens with two attached hydrogens (primary N) is 1. The Hall–Kier alpha value is -1.50. The van der Waals surface area contributed by atoms with Gasteiger partial charge in [0.15, 0.2) is 0 Å². The fourth-order valence-corrected chi connectivity index (χ4v) is 1.41. The molecule has 0 spiro atoms. The minimum atomic E-state index is -0.610. The number of anilines is 1. The molecule has 1 heterocycles. The van der Waals surface area contributed by atoms with Crippen molar-refractivity contribution in [1.29, 1.82) is 5.26 Å². The lowest BCUT2D eigenvalue weighted by Crippen LogP contribution is -2.24. The average molecular weight is 190 g/mol. The third kappa shape index (κ3) is 1.35. The van der Waals surface area contributed by atoms with Gasteiger partial charge in [0.25, 0.3) is 0 Å². The Morgan fingerprint density at radius 3 is 2.79 bits per heavy atom. The average Bonchev–Trinajstić information content (AvgIpc) is 2.90. The Balaban J connectivity index is 2.37. The Morgan fingerprint density at radius 2 is 2.29 bits per heavy atom. The first-order chi connectivity index (χ1) is 6.54. The van der Waals surface area contributed by atoms with Crippen molar-refractivity contribution in [1.82, 2.24) is 9.78 Å². The Morgan fingerprint density at radius 1 is 1.64 bits per heavy atom. The molecule has 1 aromatic rings. The summed E-state index contributed by atoms with van der Waals surface area (Å²) >= 11 is 0. The minimum Gasteiger partial charge on any atom is -0.396 e. The molecule has 0 saturated heterocycles. The standard InChI is InChI=1S/C10H14N4/c1-10(2,6-11)14-5-8(12)9(13-14)7-3-4-7/h5,7H,3-4,12H2,1-2H3. The van der Waals surface area contributed by atoms with Crippen LogP contribution >= 0.6 is 0 Å². The van der Waals surface area contributed by atoms with Gasteiger partial charge >= 0.3 is 0 Å². The Kier molecular flexibility index (Phi) is 1.78. The van der Waals surface area contributed by atoms with Crippen LogP contribution in [0.25, 0.3) is 0 Å². The zero-order valence-corrected chi connectivity index (χ0v) is 8.49. The summed E-state index contributed by atoms with van der Waals surface area (Å²) in [6, 6.07) is 2.20. The molecular weight excluding hydrogens is 176 g/mol. The van der Waals surface area contributed by atoms with E-state index in [2.05, 4.69) is 11.2 Å². The lowest BCUT2D eigenvalue weighted by atomic mass is 10.1. The van der Waals surface area contributed by atoms with Crippen molar-refractivity contribution in [3.8, 4) is 6.07 Å². The van der Waals surface area contributed by atoms with Crippen LogP contribution in [0, 0.1) is 11.3 Å². The highest BCUT2D eigenvalue weighted by Crippen LogP contribution is 2.42. The van der Waals surface area contributed by atoms with Gasteiger partial charge in [-0.3, -0.25) is 4.68 Å². The second kappa shape index (κ2) is 2.74. The smallest absolute Gasteiger partial charge is 0.143 e. The number of hydrogen-bond acceptors (Lipinski definition) is 3. The molecule has 0 aliphatic heterocycles.